The van der Waals surface area contributed by atoms with Gasteiger partial charge in [-0.3, -0.25) is 9.59 Å². The van der Waals surface area contributed by atoms with Crippen LogP contribution in [-0.4, -0.2) is 35.5 Å². The molecule has 1 N–H and O–H groups in total. The van der Waals surface area contributed by atoms with E-state index in [2.05, 4.69) is 10.5 Å². The lowest BCUT2D eigenvalue weighted by Gasteiger charge is -2.13. The molecule has 2 aromatic heterocycles. The van der Waals surface area contributed by atoms with Gasteiger partial charge in [-0.2, -0.15) is 0 Å². The zero-order valence-corrected chi connectivity index (χ0v) is 16.1. The van der Waals surface area contributed by atoms with Crippen LogP contribution in [0.3, 0.4) is 0 Å². The highest BCUT2D eigenvalue weighted by Gasteiger charge is 2.12. The van der Waals surface area contributed by atoms with Crippen LogP contribution in [0.15, 0.2) is 53.1 Å². The minimum atomic E-state index is -0.368. The number of likely N-dealkylation sites (N-methyl/N-ethyl adjacent to an activating group) is 1. The van der Waals surface area contributed by atoms with Crippen molar-refractivity contribution in [2.75, 3.05) is 18.9 Å². The van der Waals surface area contributed by atoms with Crippen molar-refractivity contribution in [3.63, 3.8) is 0 Å². The van der Waals surface area contributed by atoms with E-state index in [-0.39, 0.29) is 24.2 Å². The Balaban J connectivity index is 1.55. The number of carbonyl (C=O) groups is 2. The lowest BCUT2D eigenvalue weighted by molar-refractivity contribution is -0.129. The van der Waals surface area contributed by atoms with Crippen LogP contribution in [0.2, 0.25) is 0 Å². The molecule has 2 amide bonds. The number of halogens is 1. The maximum atomic E-state index is 13.0. The lowest BCUT2D eigenvalue weighted by atomic mass is 10.2. The van der Waals surface area contributed by atoms with Gasteiger partial charge in [0.15, 0.2) is 5.82 Å². The Labute approximate surface area is 165 Å². The Morgan fingerprint density at radius 3 is 2.68 bits per heavy atom. The molecule has 2 heterocycles. The van der Waals surface area contributed by atoms with Crippen LogP contribution >= 0.6 is 11.3 Å². The van der Waals surface area contributed by atoms with Gasteiger partial charge in [0, 0.05) is 28.9 Å². The number of aromatic nitrogens is 1. The first-order valence-corrected chi connectivity index (χ1v) is 9.24. The summed E-state index contributed by atoms with van der Waals surface area (Å²) < 4.78 is 17.9. The predicted molar refractivity (Wildman–Crippen MR) is 106 cm³/mol. The summed E-state index contributed by atoms with van der Waals surface area (Å²) >= 11 is 1.49. The molecule has 0 fully saturated rings. The van der Waals surface area contributed by atoms with Crippen molar-refractivity contribution in [3.05, 3.63) is 65.0 Å². The average Bonchev–Trinajstić information content (AvgIpc) is 3.29. The molecular formula is C20H18FN3O3S. The smallest absolute Gasteiger partial charge is 0.246 e. The second-order valence-electron chi connectivity index (χ2n) is 6.11. The molecule has 3 rings (SSSR count). The quantitative estimate of drug-likeness (QED) is 0.637. The lowest BCUT2D eigenvalue weighted by Crippen LogP contribution is -2.33. The van der Waals surface area contributed by atoms with E-state index in [0.29, 0.717) is 11.6 Å². The van der Waals surface area contributed by atoms with Crippen molar-refractivity contribution >= 4 is 35.0 Å². The average molecular weight is 399 g/mol. The van der Waals surface area contributed by atoms with E-state index in [1.54, 1.807) is 38.2 Å². The molecule has 0 atom stereocenters. The van der Waals surface area contributed by atoms with Crippen LogP contribution in [-0.2, 0) is 9.59 Å². The van der Waals surface area contributed by atoms with E-state index in [0.717, 1.165) is 15.3 Å². The van der Waals surface area contributed by atoms with Gasteiger partial charge in [-0.05, 0) is 42.8 Å². The van der Waals surface area contributed by atoms with E-state index in [4.69, 9.17) is 4.52 Å². The molecule has 0 spiro atoms. The number of carbonyl (C=O) groups excluding carboxylic acids is 2. The molecule has 0 saturated heterocycles. The van der Waals surface area contributed by atoms with Crippen molar-refractivity contribution in [2.24, 2.45) is 0 Å². The van der Waals surface area contributed by atoms with Crippen LogP contribution < -0.4 is 5.32 Å². The molecule has 28 heavy (non-hydrogen) atoms. The van der Waals surface area contributed by atoms with E-state index in [1.807, 2.05) is 12.1 Å². The number of hydrogen-bond donors (Lipinski definition) is 1. The number of amides is 2. The molecule has 6 nitrogen and oxygen atoms in total. The van der Waals surface area contributed by atoms with Crippen LogP contribution in [0.5, 0.6) is 0 Å². The summed E-state index contributed by atoms with van der Waals surface area (Å²) in [6.45, 7) is 1.61. The van der Waals surface area contributed by atoms with Crippen molar-refractivity contribution in [1.82, 2.24) is 10.1 Å². The number of hydrogen-bond acceptors (Lipinski definition) is 5. The molecule has 0 bridgehead atoms. The zero-order valence-electron chi connectivity index (χ0n) is 15.3. The number of rotatable bonds is 6. The number of aryl methyl sites for hydroxylation is 1. The first kappa shape index (κ1) is 19.5. The number of nitrogens with zero attached hydrogens (tertiary/aromatic N) is 2. The summed E-state index contributed by atoms with van der Waals surface area (Å²) in [5.74, 6) is -0.0586. The molecule has 1 aromatic carbocycles. The third kappa shape index (κ3) is 5.14. The second-order valence-corrected chi connectivity index (χ2v) is 7.22. The van der Waals surface area contributed by atoms with Crippen molar-refractivity contribution in [3.8, 4) is 10.4 Å². The summed E-state index contributed by atoms with van der Waals surface area (Å²) in [6.07, 6.45) is 3.10. The Hall–Kier alpha value is -3.26. The first-order chi connectivity index (χ1) is 13.4. The molecule has 0 aliphatic heterocycles. The standard InChI is InChI=1S/C20H18FN3O3S/c1-13-11-18(23-27-13)22-19(25)12-24(2)20(26)10-8-16-7-9-17(28-16)14-3-5-15(21)6-4-14/h3-11H,12H2,1-2H3,(H,22,23,25)/b10-8+. The molecule has 0 aliphatic carbocycles. The van der Waals surface area contributed by atoms with Crippen molar-refractivity contribution in [2.45, 2.75) is 6.92 Å². The zero-order chi connectivity index (χ0) is 20.1. The summed E-state index contributed by atoms with van der Waals surface area (Å²) in [4.78, 5) is 27.3. The molecular weight excluding hydrogens is 381 g/mol. The minimum Gasteiger partial charge on any atom is -0.360 e. The monoisotopic (exact) mass is 399 g/mol. The fourth-order valence-electron chi connectivity index (χ4n) is 2.39. The fraction of sp³-hybridized carbons (Fsp3) is 0.150. The van der Waals surface area contributed by atoms with Gasteiger partial charge in [-0.15, -0.1) is 11.3 Å². The van der Waals surface area contributed by atoms with Gasteiger partial charge in [0.25, 0.3) is 0 Å². The third-order valence-corrected chi connectivity index (χ3v) is 4.90. The molecule has 0 aliphatic rings. The van der Waals surface area contributed by atoms with Gasteiger partial charge in [-0.1, -0.05) is 17.3 Å². The number of anilines is 1. The molecule has 3 aromatic rings. The van der Waals surface area contributed by atoms with Crippen LogP contribution in [0.25, 0.3) is 16.5 Å². The van der Waals surface area contributed by atoms with E-state index in [9.17, 15) is 14.0 Å². The summed E-state index contributed by atoms with van der Waals surface area (Å²) in [7, 11) is 1.54. The maximum absolute atomic E-state index is 13.0. The number of benzene rings is 1. The topological polar surface area (TPSA) is 75.4 Å². The Morgan fingerprint density at radius 1 is 1.25 bits per heavy atom. The Bertz CT molecular complexity index is 1010. The van der Waals surface area contributed by atoms with Crippen molar-refractivity contribution in [1.29, 1.82) is 0 Å². The van der Waals surface area contributed by atoms with E-state index < -0.39 is 0 Å². The summed E-state index contributed by atoms with van der Waals surface area (Å²) in [5.41, 5.74) is 0.911. The summed E-state index contributed by atoms with van der Waals surface area (Å²) in [6, 6.07) is 11.6. The Morgan fingerprint density at radius 2 is 2.00 bits per heavy atom. The normalized spacial score (nSPS) is 11.0. The highest BCUT2D eigenvalue weighted by atomic mass is 32.1. The highest BCUT2D eigenvalue weighted by molar-refractivity contribution is 7.16. The third-order valence-electron chi connectivity index (χ3n) is 3.80. The van der Waals surface area contributed by atoms with Gasteiger partial charge >= 0.3 is 0 Å². The largest absolute Gasteiger partial charge is 0.360 e. The van der Waals surface area contributed by atoms with Gasteiger partial charge in [0.1, 0.15) is 11.6 Å². The van der Waals surface area contributed by atoms with Crippen LogP contribution in [0.1, 0.15) is 10.6 Å². The van der Waals surface area contributed by atoms with Gasteiger partial charge in [-0.25, -0.2) is 4.39 Å². The first-order valence-electron chi connectivity index (χ1n) is 8.43. The number of thiophene rings is 1. The molecule has 144 valence electrons. The SMILES string of the molecule is Cc1cc(NC(=O)CN(C)C(=O)/C=C/c2ccc(-c3ccc(F)cc3)s2)no1. The number of nitrogens with one attached hydrogen (secondary N) is 1. The molecule has 0 saturated carbocycles. The fourth-order valence-corrected chi connectivity index (χ4v) is 3.31. The van der Waals surface area contributed by atoms with Gasteiger partial charge in [0.05, 0.1) is 6.54 Å². The van der Waals surface area contributed by atoms with Crippen LogP contribution in [0, 0.1) is 12.7 Å². The molecule has 0 radical (unpaired) electrons. The van der Waals surface area contributed by atoms with Crippen LogP contribution in [0.4, 0.5) is 10.2 Å². The minimum absolute atomic E-state index is 0.111. The van der Waals surface area contributed by atoms with E-state index >= 15 is 0 Å². The summed E-state index contributed by atoms with van der Waals surface area (Å²) in [5, 5.41) is 6.23. The Kier molecular flexibility index (Phi) is 6.00. The van der Waals surface area contributed by atoms with Gasteiger partial charge < -0.3 is 14.7 Å². The molecule has 8 heteroatoms. The van der Waals surface area contributed by atoms with Gasteiger partial charge in [0.2, 0.25) is 11.8 Å². The van der Waals surface area contributed by atoms with E-state index in [1.165, 1.54) is 34.4 Å². The predicted octanol–water partition coefficient (Wildman–Crippen LogP) is 3.96. The maximum Gasteiger partial charge on any atom is 0.246 e. The highest BCUT2D eigenvalue weighted by Crippen LogP contribution is 2.28. The molecule has 0 unspecified atom stereocenters. The second kappa shape index (κ2) is 8.62. The van der Waals surface area contributed by atoms with Crippen molar-refractivity contribution < 1.29 is 18.5 Å².